The molecule has 58 valence electrons. The normalized spacial score (nSPS) is 17.6. The number of alkyl halides is 3. The molecule has 6 heteroatoms. The summed E-state index contributed by atoms with van der Waals surface area (Å²) < 4.78 is 34.0. The van der Waals surface area contributed by atoms with Gasteiger partial charge in [-0.2, -0.15) is 18.4 Å². The van der Waals surface area contributed by atoms with E-state index in [4.69, 9.17) is 15.5 Å². The molecule has 0 aromatic rings. The van der Waals surface area contributed by atoms with Crippen molar-refractivity contribution in [1.82, 2.24) is 0 Å². The van der Waals surface area contributed by atoms with Gasteiger partial charge < -0.3 is 10.2 Å². The lowest BCUT2D eigenvalue weighted by Crippen LogP contribution is -2.38. The van der Waals surface area contributed by atoms with Crippen molar-refractivity contribution in [2.45, 2.75) is 18.4 Å². The van der Waals surface area contributed by atoms with Gasteiger partial charge in [-0.3, -0.25) is 0 Å². The summed E-state index contributed by atoms with van der Waals surface area (Å²) >= 11 is 0. The Hall–Kier alpha value is -0.800. The third-order valence-electron chi connectivity index (χ3n) is 0.767. The van der Waals surface area contributed by atoms with E-state index >= 15 is 0 Å². The van der Waals surface area contributed by atoms with Crippen LogP contribution in [0.2, 0.25) is 0 Å². The molecule has 0 aliphatic carbocycles. The van der Waals surface area contributed by atoms with Crippen LogP contribution in [0.15, 0.2) is 0 Å². The van der Waals surface area contributed by atoms with Gasteiger partial charge in [-0.1, -0.05) is 0 Å². The van der Waals surface area contributed by atoms with Crippen LogP contribution in [0.4, 0.5) is 13.2 Å². The van der Waals surface area contributed by atoms with Crippen molar-refractivity contribution in [3.8, 4) is 6.07 Å². The predicted octanol–water partition coefficient (Wildman–Crippen LogP) is -0.206. The van der Waals surface area contributed by atoms with E-state index < -0.39 is 18.4 Å². The summed E-state index contributed by atoms with van der Waals surface area (Å²) in [7, 11) is 0. The topological polar surface area (TPSA) is 64.2 Å². The third-order valence-corrected chi connectivity index (χ3v) is 0.767. The van der Waals surface area contributed by atoms with E-state index in [0.29, 0.717) is 0 Å². The van der Waals surface area contributed by atoms with E-state index in [1.54, 1.807) is 0 Å². The molecule has 3 nitrogen and oxygen atoms in total. The van der Waals surface area contributed by atoms with Crippen LogP contribution in [-0.4, -0.2) is 28.6 Å². The Bertz CT molecular complexity index is 150. The van der Waals surface area contributed by atoms with Crippen LogP contribution in [0.5, 0.6) is 0 Å². The number of hydrogen-bond acceptors (Lipinski definition) is 3. The second-order valence-corrected chi connectivity index (χ2v) is 1.56. The number of rotatable bonds is 1. The lowest BCUT2D eigenvalue weighted by Gasteiger charge is -2.14. The van der Waals surface area contributed by atoms with Crippen molar-refractivity contribution < 1.29 is 23.4 Å². The van der Waals surface area contributed by atoms with E-state index in [2.05, 4.69) is 0 Å². The number of hydrogen-bond donors (Lipinski definition) is 2. The van der Waals surface area contributed by atoms with Gasteiger partial charge in [-0.05, 0) is 0 Å². The largest absolute Gasteiger partial charge is 0.418 e. The highest BCUT2D eigenvalue weighted by Gasteiger charge is 2.43. The molecule has 0 fully saturated rings. The van der Waals surface area contributed by atoms with Crippen LogP contribution in [0, 0.1) is 11.3 Å². The number of halogens is 3. The maximum Gasteiger partial charge on any atom is 0.418 e. The molecule has 0 radical (unpaired) electrons. The fourth-order valence-corrected chi connectivity index (χ4v) is 0.250. The first-order valence-corrected chi connectivity index (χ1v) is 2.22. The van der Waals surface area contributed by atoms with E-state index in [9.17, 15) is 13.2 Å². The minimum absolute atomic E-state index is 0.857. The molecule has 0 aromatic carbocycles. The number of nitriles is 1. The lowest BCUT2D eigenvalue weighted by atomic mass is 10.2. The molecule has 2 N–H and O–H groups in total. The molecule has 0 heterocycles. The van der Waals surface area contributed by atoms with Crippen molar-refractivity contribution in [2.24, 2.45) is 0 Å². The van der Waals surface area contributed by atoms with Crippen molar-refractivity contribution in [3.63, 3.8) is 0 Å². The van der Waals surface area contributed by atoms with Gasteiger partial charge in [0.2, 0.25) is 0 Å². The first-order chi connectivity index (χ1) is 4.39. The molecule has 10 heavy (non-hydrogen) atoms. The van der Waals surface area contributed by atoms with Crippen molar-refractivity contribution >= 4 is 0 Å². The molecule has 0 rings (SSSR count). The molecule has 0 saturated heterocycles. The molecule has 0 aliphatic heterocycles. The average molecular weight is 155 g/mol. The summed E-state index contributed by atoms with van der Waals surface area (Å²) in [4.78, 5) is 0. The Labute approximate surface area is 54.3 Å². The Morgan fingerprint density at radius 1 is 1.30 bits per heavy atom. The van der Waals surface area contributed by atoms with Gasteiger partial charge in [0.1, 0.15) is 0 Å². The molecule has 2 atom stereocenters. The van der Waals surface area contributed by atoms with E-state index in [0.717, 1.165) is 6.07 Å². The molecule has 0 bridgehead atoms. The van der Waals surface area contributed by atoms with Crippen molar-refractivity contribution in [3.05, 3.63) is 0 Å². The SMILES string of the molecule is N#CC(O)C(O)C(F)(F)F. The Balaban J connectivity index is 4.11. The minimum atomic E-state index is -4.94. The molecule has 0 aromatic heterocycles. The van der Waals surface area contributed by atoms with Crippen LogP contribution in [0.25, 0.3) is 0 Å². The van der Waals surface area contributed by atoms with E-state index in [1.165, 1.54) is 0 Å². The van der Waals surface area contributed by atoms with Gasteiger partial charge in [-0.15, -0.1) is 0 Å². The van der Waals surface area contributed by atoms with Crippen LogP contribution in [-0.2, 0) is 0 Å². The zero-order chi connectivity index (χ0) is 8.36. The molecule has 2 unspecified atom stereocenters. The first kappa shape index (κ1) is 9.20. The summed E-state index contributed by atoms with van der Waals surface area (Å²) in [6.07, 6.45) is -10.3. The van der Waals surface area contributed by atoms with Crippen LogP contribution in [0.1, 0.15) is 0 Å². The highest BCUT2D eigenvalue weighted by atomic mass is 19.4. The second kappa shape index (κ2) is 2.86. The molecule has 0 saturated carbocycles. The smallest absolute Gasteiger partial charge is 0.381 e. The van der Waals surface area contributed by atoms with Gasteiger partial charge in [0.05, 0.1) is 6.07 Å². The average Bonchev–Trinajstić information content (AvgIpc) is 1.83. The summed E-state index contributed by atoms with van der Waals surface area (Å²) in [5.74, 6) is 0. The summed E-state index contributed by atoms with van der Waals surface area (Å²) in [5.41, 5.74) is 0. The zero-order valence-corrected chi connectivity index (χ0v) is 4.63. The Morgan fingerprint density at radius 3 is 1.80 bits per heavy atom. The van der Waals surface area contributed by atoms with Gasteiger partial charge >= 0.3 is 6.18 Å². The van der Waals surface area contributed by atoms with E-state index in [-0.39, 0.29) is 0 Å². The summed E-state index contributed by atoms with van der Waals surface area (Å²) in [6.45, 7) is 0. The molecule has 0 aliphatic rings. The molecular formula is C4H4F3NO2. The quantitative estimate of drug-likeness (QED) is 0.515. The van der Waals surface area contributed by atoms with Crippen LogP contribution in [0.3, 0.4) is 0 Å². The van der Waals surface area contributed by atoms with E-state index in [1.807, 2.05) is 0 Å². The maximum atomic E-state index is 11.3. The second-order valence-electron chi connectivity index (χ2n) is 1.56. The predicted molar refractivity (Wildman–Crippen MR) is 23.7 cm³/mol. The fourth-order valence-electron chi connectivity index (χ4n) is 0.250. The highest BCUT2D eigenvalue weighted by molar-refractivity contribution is 4.91. The third kappa shape index (κ3) is 2.21. The lowest BCUT2D eigenvalue weighted by molar-refractivity contribution is -0.222. The molecule has 0 amide bonds. The minimum Gasteiger partial charge on any atom is -0.381 e. The van der Waals surface area contributed by atoms with Crippen LogP contribution >= 0.6 is 0 Å². The Morgan fingerprint density at radius 2 is 1.70 bits per heavy atom. The van der Waals surface area contributed by atoms with Gasteiger partial charge in [0.25, 0.3) is 0 Å². The van der Waals surface area contributed by atoms with Crippen LogP contribution < -0.4 is 0 Å². The summed E-state index contributed by atoms with van der Waals surface area (Å²) in [5, 5.41) is 23.9. The van der Waals surface area contributed by atoms with Crippen molar-refractivity contribution in [2.75, 3.05) is 0 Å². The molecule has 0 spiro atoms. The highest BCUT2D eigenvalue weighted by Crippen LogP contribution is 2.21. The number of nitrogens with zero attached hydrogens (tertiary/aromatic N) is 1. The first-order valence-electron chi connectivity index (χ1n) is 2.22. The fraction of sp³-hybridized carbons (Fsp3) is 0.750. The van der Waals surface area contributed by atoms with Gasteiger partial charge in [0, 0.05) is 0 Å². The number of aliphatic hydroxyl groups excluding tert-OH is 2. The Kier molecular flexibility index (Phi) is 2.63. The van der Waals surface area contributed by atoms with Gasteiger partial charge in [0.15, 0.2) is 12.2 Å². The number of aliphatic hydroxyl groups is 2. The standard InChI is InChI=1S/C4H4F3NO2/c5-4(6,7)3(10)2(9)1-8/h2-3,9-10H. The molecular weight excluding hydrogens is 151 g/mol. The van der Waals surface area contributed by atoms with Crippen molar-refractivity contribution in [1.29, 1.82) is 5.26 Å². The van der Waals surface area contributed by atoms with Gasteiger partial charge in [-0.25, -0.2) is 0 Å². The maximum absolute atomic E-state index is 11.3. The monoisotopic (exact) mass is 155 g/mol. The summed E-state index contributed by atoms with van der Waals surface area (Å²) in [6, 6.07) is 0.857. The zero-order valence-electron chi connectivity index (χ0n) is 4.63.